The van der Waals surface area contributed by atoms with Crippen molar-refractivity contribution in [2.75, 3.05) is 7.11 Å². The lowest BCUT2D eigenvalue weighted by molar-refractivity contribution is -0.108. The van der Waals surface area contributed by atoms with Crippen molar-refractivity contribution < 1.29 is 9.53 Å². The molecule has 0 aromatic carbocycles. The number of carbonyl (C=O) groups is 1. The number of aromatic nitrogens is 3. The summed E-state index contributed by atoms with van der Waals surface area (Å²) in [6.07, 6.45) is 2.25. The van der Waals surface area contributed by atoms with Crippen molar-refractivity contribution in [1.29, 1.82) is 0 Å². The fourth-order valence-electron chi connectivity index (χ4n) is 1.53. The van der Waals surface area contributed by atoms with Gasteiger partial charge in [0.05, 0.1) is 13.3 Å². The summed E-state index contributed by atoms with van der Waals surface area (Å²) < 4.78 is 6.41. The minimum atomic E-state index is -0.278. The van der Waals surface area contributed by atoms with Gasteiger partial charge in [-0.25, -0.2) is 4.98 Å². The van der Waals surface area contributed by atoms with Crippen molar-refractivity contribution in [1.82, 2.24) is 14.5 Å². The SMILES string of the molecule is COc1ccc2ncc(=O)n(CCC=O)c2n1. The Hall–Kier alpha value is -2.24. The van der Waals surface area contributed by atoms with Crippen molar-refractivity contribution >= 4 is 17.5 Å². The van der Waals surface area contributed by atoms with E-state index in [0.29, 0.717) is 23.6 Å². The monoisotopic (exact) mass is 233 g/mol. The maximum atomic E-state index is 11.6. The van der Waals surface area contributed by atoms with E-state index in [9.17, 15) is 9.59 Å². The van der Waals surface area contributed by atoms with Gasteiger partial charge in [0.1, 0.15) is 11.8 Å². The molecule has 6 heteroatoms. The summed E-state index contributed by atoms with van der Waals surface area (Å²) in [5, 5.41) is 0. The second-order valence-corrected chi connectivity index (χ2v) is 3.40. The summed E-state index contributed by atoms with van der Waals surface area (Å²) in [5.74, 6) is 0.407. The number of fused-ring (bicyclic) bond motifs is 1. The zero-order valence-electron chi connectivity index (χ0n) is 9.29. The number of methoxy groups -OCH3 is 1. The van der Waals surface area contributed by atoms with Gasteiger partial charge in [-0.15, -0.1) is 0 Å². The van der Waals surface area contributed by atoms with Gasteiger partial charge in [-0.05, 0) is 6.07 Å². The van der Waals surface area contributed by atoms with Crippen molar-refractivity contribution in [3.63, 3.8) is 0 Å². The third kappa shape index (κ3) is 2.15. The molecule has 2 aromatic heterocycles. The molecule has 2 rings (SSSR count). The Morgan fingerprint density at radius 2 is 2.29 bits per heavy atom. The summed E-state index contributed by atoms with van der Waals surface area (Å²) >= 11 is 0. The highest BCUT2D eigenvalue weighted by molar-refractivity contribution is 5.70. The lowest BCUT2D eigenvalue weighted by atomic mass is 10.4. The molecule has 0 saturated heterocycles. The van der Waals surface area contributed by atoms with E-state index in [1.54, 1.807) is 12.1 Å². The Morgan fingerprint density at radius 1 is 1.47 bits per heavy atom. The van der Waals surface area contributed by atoms with Gasteiger partial charge in [0.2, 0.25) is 5.88 Å². The van der Waals surface area contributed by atoms with E-state index in [2.05, 4.69) is 9.97 Å². The molecule has 0 fully saturated rings. The number of hydrogen-bond acceptors (Lipinski definition) is 5. The standard InChI is InChI=1S/C11H11N3O3/c1-17-9-4-3-8-11(13-9)14(5-2-6-15)10(16)7-12-8/h3-4,6-7H,2,5H2,1H3. The van der Waals surface area contributed by atoms with E-state index >= 15 is 0 Å². The average molecular weight is 233 g/mol. The second kappa shape index (κ2) is 4.73. The Kier molecular flexibility index (Phi) is 3.13. The number of hydrogen-bond donors (Lipinski definition) is 0. The second-order valence-electron chi connectivity index (χ2n) is 3.40. The highest BCUT2D eigenvalue weighted by Gasteiger charge is 2.06. The van der Waals surface area contributed by atoms with Gasteiger partial charge in [0.15, 0.2) is 5.65 Å². The molecule has 17 heavy (non-hydrogen) atoms. The third-order valence-electron chi connectivity index (χ3n) is 2.34. The summed E-state index contributed by atoms with van der Waals surface area (Å²) in [7, 11) is 1.50. The molecular weight excluding hydrogens is 222 g/mol. The lowest BCUT2D eigenvalue weighted by Gasteiger charge is -2.07. The van der Waals surface area contributed by atoms with Crippen LogP contribution in [0.2, 0.25) is 0 Å². The first kappa shape index (κ1) is 11.3. The Labute approximate surface area is 96.9 Å². The largest absolute Gasteiger partial charge is 0.481 e. The van der Waals surface area contributed by atoms with Crippen molar-refractivity contribution in [3.8, 4) is 5.88 Å². The third-order valence-corrected chi connectivity index (χ3v) is 2.34. The smallest absolute Gasteiger partial charge is 0.270 e. The fourth-order valence-corrected chi connectivity index (χ4v) is 1.53. The summed E-state index contributed by atoms with van der Waals surface area (Å²) in [6.45, 7) is 0.293. The number of aryl methyl sites for hydroxylation is 1. The molecule has 0 bridgehead atoms. The fraction of sp³-hybridized carbons (Fsp3) is 0.273. The quantitative estimate of drug-likeness (QED) is 0.714. The molecule has 0 spiro atoms. The van der Waals surface area contributed by atoms with E-state index in [-0.39, 0.29) is 12.0 Å². The van der Waals surface area contributed by atoms with E-state index in [4.69, 9.17) is 4.74 Å². The van der Waals surface area contributed by atoms with Crippen LogP contribution in [0.1, 0.15) is 6.42 Å². The molecule has 0 aliphatic heterocycles. The highest BCUT2D eigenvalue weighted by atomic mass is 16.5. The Morgan fingerprint density at radius 3 is 3.00 bits per heavy atom. The summed E-state index contributed by atoms with van der Waals surface area (Å²) in [5.41, 5.74) is 0.745. The minimum absolute atomic E-state index is 0.262. The molecule has 88 valence electrons. The van der Waals surface area contributed by atoms with Crippen molar-refractivity contribution in [3.05, 3.63) is 28.7 Å². The topological polar surface area (TPSA) is 74.1 Å². The maximum absolute atomic E-state index is 11.6. The van der Waals surface area contributed by atoms with Crippen LogP contribution in [0.3, 0.4) is 0 Å². The maximum Gasteiger partial charge on any atom is 0.270 e. The van der Waals surface area contributed by atoms with Crippen LogP contribution in [-0.4, -0.2) is 27.9 Å². The first-order valence-electron chi connectivity index (χ1n) is 5.10. The van der Waals surface area contributed by atoms with Crippen LogP contribution in [0.15, 0.2) is 23.1 Å². The van der Waals surface area contributed by atoms with Gasteiger partial charge in [-0.2, -0.15) is 4.98 Å². The number of pyridine rings is 1. The molecule has 0 radical (unpaired) electrons. The van der Waals surface area contributed by atoms with Crippen LogP contribution >= 0.6 is 0 Å². The highest BCUT2D eigenvalue weighted by Crippen LogP contribution is 2.12. The Balaban J connectivity index is 2.64. The van der Waals surface area contributed by atoms with Crippen LogP contribution in [0.4, 0.5) is 0 Å². The van der Waals surface area contributed by atoms with Crippen LogP contribution < -0.4 is 10.3 Å². The van der Waals surface area contributed by atoms with Crippen LogP contribution in [0.25, 0.3) is 11.2 Å². The predicted molar refractivity (Wildman–Crippen MR) is 61.0 cm³/mol. The van der Waals surface area contributed by atoms with Gasteiger partial charge in [0, 0.05) is 19.0 Å². The molecule has 0 aliphatic rings. The zero-order chi connectivity index (χ0) is 12.3. The van der Waals surface area contributed by atoms with Gasteiger partial charge in [-0.3, -0.25) is 9.36 Å². The minimum Gasteiger partial charge on any atom is -0.481 e. The molecule has 2 aromatic rings. The van der Waals surface area contributed by atoms with Gasteiger partial charge < -0.3 is 9.53 Å². The number of ether oxygens (including phenoxy) is 1. The number of nitrogens with zero attached hydrogens (tertiary/aromatic N) is 3. The van der Waals surface area contributed by atoms with Crippen LogP contribution in [0.5, 0.6) is 5.88 Å². The van der Waals surface area contributed by atoms with Crippen LogP contribution in [0, 0.1) is 0 Å². The molecule has 0 saturated carbocycles. The van der Waals surface area contributed by atoms with E-state index in [1.165, 1.54) is 17.9 Å². The zero-order valence-corrected chi connectivity index (χ0v) is 9.29. The molecule has 6 nitrogen and oxygen atoms in total. The molecule has 2 heterocycles. The van der Waals surface area contributed by atoms with E-state index < -0.39 is 0 Å². The Bertz CT molecular complexity index is 606. The molecular formula is C11H11N3O3. The predicted octanol–water partition coefficient (Wildman–Crippen LogP) is 0.389. The number of rotatable bonds is 4. The summed E-state index contributed by atoms with van der Waals surface area (Å²) in [6, 6.07) is 3.39. The normalized spacial score (nSPS) is 10.4. The summed E-state index contributed by atoms with van der Waals surface area (Å²) in [4.78, 5) is 30.2. The van der Waals surface area contributed by atoms with Gasteiger partial charge in [0.25, 0.3) is 5.56 Å². The molecule has 0 N–H and O–H groups in total. The molecule has 0 atom stereocenters. The number of aldehydes is 1. The van der Waals surface area contributed by atoms with Crippen molar-refractivity contribution in [2.45, 2.75) is 13.0 Å². The first-order chi connectivity index (χ1) is 8.26. The average Bonchev–Trinajstić information content (AvgIpc) is 2.37. The lowest BCUT2D eigenvalue weighted by Crippen LogP contribution is -2.21. The van der Waals surface area contributed by atoms with Gasteiger partial charge >= 0.3 is 0 Å². The molecule has 0 amide bonds. The molecule has 0 aliphatic carbocycles. The van der Waals surface area contributed by atoms with Crippen molar-refractivity contribution in [2.24, 2.45) is 0 Å². The van der Waals surface area contributed by atoms with Crippen LogP contribution in [-0.2, 0) is 11.3 Å². The van der Waals surface area contributed by atoms with E-state index in [1.807, 2.05) is 0 Å². The van der Waals surface area contributed by atoms with Gasteiger partial charge in [-0.1, -0.05) is 0 Å². The van der Waals surface area contributed by atoms with E-state index in [0.717, 1.165) is 6.29 Å². The number of carbonyl (C=O) groups excluding carboxylic acids is 1. The first-order valence-corrected chi connectivity index (χ1v) is 5.10. The molecule has 0 unspecified atom stereocenters.